The highest BCUT2D eigenvalue weighted by atomic mass is 79.9. The predicted molar refractivity (Wildman–Crippen MR) is 46.9 cm³/mol. The Balaban J connectivity index is 2.86. The number of halogens is 5. The van der Waals surface area contributed by atoms with E-state index < -0.39 is 19.1 Å². The molecule has 0 N–H and O–H groups in total. The van der Waals surface area contributed by atoms with E-state index in [1.807, 2.05) is 0 Å². The number of hydrogen-bond donors (Lipinski definition) is 0. The van der Waals surface area contributed by atoms with Gasteiger partial charge in [0.2, 0.25) is 0 Å². The van der Waals surface area contributed by atoms with Crippen molar-refractivity contribution in [1.29, 1.82) is 0 Å². The number of hydrogen-bond acceptors (Lipinski definition) is 0. The Hall–Kier alpha value is -0.515. The monoisotopic (exact) mass is 255 g/mol. The van der Waals surface area contributed by atoms with Gasteiger partial charge in [0.1, 0.15) is 5.82 Å². The van der Waals surface area contributed by atoms with E-state index in [0.717, 1.165) is 6.07 Å². The summed E-state index contributed by atoms with van der Waals surface area (Å²) in [5.74, 6) is -0.669. The third-order valence-corrected chi connectivity index (χ3v) is 2.09. The Kier molecular flexibility index (Phi) is 3.00. The van der Waals surface area contributed by atoms with Crippen LogP contribution in [0.3, 0.4) is 0 Å². The standard InChI is InChI=1S/C7H5BBrF4/c9-6-2-1-5(3-7(6)10)4-8(11,12)13/h1-3H,4H2/q-1. The van der Waals surface area contributed by atoms with Crippen LogP contribution in [-0.2, 0) is 6.32 Å². The lowest BCUT2D eigenvalue weighted by Gasteiger charge is -2.13. The molecule has 72 valence electrons. The van der Waals surface area contributed by atoms with Crippen LogP contribution >= 0.6 is 15.9 Å². The van der Waals surface area contributed by atoms with Crippen molar-refractivity contribution >= 4 is 22.9 Å². The Bertz CT molecular complexity index is 310. The van der Waals surface area contributed by atoms with Crippen molar-refractivity contribution in [3.8, 4) is 0 Å². The van der Waals surface area contributed by atoms with E-state index >= 15 is 0 Å². The highest BCUT2D eigenvalue weighted by Crippen LogP contribution is 2.20. The minimum atomic E-state index is -4.89. The lowest BCUT2D eigenvalue weighted by Crippen LogP contribution is -2.19. The SMILES string of the molecule is Fc1cc(C[B-](F)(F)F)ccc1Br. The smallest absolute Gasteiger partial charge is 0.449 e. The summed E-state index contributed by atoms with van der Waals surface area (Å²) in [6.45, 7) is -4.89. The average molecular weight is 256 g/mol. The molecule has 0 aromatic heterocycles. The summed E-state index contributed by atoms with van der Waals surface area (Å²) in [4.78, 5) is 0. The molecule has 0 nitrogen and oxygen atoms in total. The zero-order valence-electron chi connectivity index (χ0n) is 6.41. The van der Waals surface area contributed by atoms with Gasteiger partial charge in [-0.15, -0.1) is 0 Å². The van der Waals surface area contributed by atoms with E-state index in [1.54, 1.807) is 0 Å². The first kappa shape index (κ1) is 10.6. The van der Waals surface area contributed by atoms with Crippen molar-refractivity contribution in [2.24, 2.45) is 0 Å². The van der Waals surface area contributed by atoms with Crippen molar-refractivity contribution < 1.29 is 17.3 Å². The molecule has 0 saturated heterocycles. The molecule has 0 unspecified atom stereocenters. The Morgan fingerprint density at radius 3 is 2.31 bits per heavy atom. The molecule has 0 radical (unpaired) electrons. The molecule has 0 fully saturated rings. The fourth-order valence-electron chi connectivity index (χ4n) is 0.934. The molecule has 13 heavy (non-hydrogen) atoms. The van der Waals surface area contributed by atoms with Crippen LogP contribution in [0.25, 0.3) is 0 Å². The summed E-state index contributed by atoms with van der Waals surface area (Å²) >= 11 is 2.86. The highest BCUT2D eigenvalue weighted by molar-refractivity contribution is 9.10. The number of rotatable bonds is 2. The van der Waals surface area contributed by atoms with Crippen molar-refractivity contribution in [3.05, 3.63) is 34.1 Å². The van der Waals surface area contributed by atoms with Crippen molar-refractivity contribution in [1.82, 2.24) is 0 Å². The van der Waals surface area contributed by atoms with E-state index in [-0.39, 0.29) is 10.0 Å². The molecule has 0 bridgehead atoms. The van der Waals surface area contributed by atoms with Crippen molar-refractivity contribution in [2.45, 2.75) is 6.32 Å². The third kappa shape index (κ3) is 3.38. The first-order valence-electron chi connectivity index (χ1n) is 3.53. The minimum absolute atomic E-state index is 0.0480. The van der Waals surface area contributed by atoms with E-state index in [4.69, 9.17) is 0 Å². The molecule has 0 amide bonds. The summed E-state index contributed by atoms with van der Waals surface area (Å²) < 4.78 is 48.6. The zero-order chi connectivity index (χ0) is 10.1. The Morgan fingerprint density at radius 1 is 1.23 bits per heavy atom. The molecule has 6 heteroatoms. The summed E-state index contributed by atoms with van der Waals surface area (Å²) in [5.41, 5.74) is -0.0480. The van der Waals surface area contributed by atoms with Crippen LogP contribution in [0.2, 0.25) is 0 Å². The maximum Gasteiger partial charge on any atom is 0.482 e. The molecular weight excluding hydrogens is 251 g/mol. The Labute approximate surface area is 81.1 Å². The van der Waals surface area contributed by atoms with Crippen molar-refractivity contribution in [3.63, 3.8) is 0 Å². The third-order valence-electron chi connectivity index (χ3n) is 1.45. The van der Waals surface area contributed by atoms with Gasteiger partial charge in [0, 0.05) is 0 Å². The largest absolute Gasteiger partial charge is 0.482 e. The summed E-state index contributed by atoms with van der Waals surface area (Å²) in [6.07, 6.45) is -1.04. The van der Waals surface area contributed by atoms with E-state index in [1.165, 1.54) is 12.1 Å². The van der Waals surface area contributed by atoms with Gasteiger partial charge in [0.25, 0.3) is 0 Å². The van der Waals surface area contributed by atoms with Crippen LogP contribution in [-0.4, -0.2) is 6.98 Å². The summed E-state index contributed by atoms with van der Waals surface area (Å²) in [5, 5.41) is 0. The second kappa shape index (κ2) is 3.70. The maximum atomic E-state index is 12.7. The van der Waals surface area contributed by atoms with Crippen LogP contribution in [0, 0.1) is 5.82 Å². The summed E-state index contributed by atoms with van der Waals surface area (Å²) in [7, 11) is 0. The van der Waals surface area contributed by atoms with Gasteiger partial charge in [0.15, 0.2) is 0 Å². The predicted octanol–water partition coefficient (Wildman–Crippen LogP) is 3.52. The van der Waals surface area contributed by atoms with E-state index in [2.05, 4.69) is 15.9 Å². The molecule has 0 atom stereocenters. The molecule has 1 aromatic carbocycles. The molecule has 0 aliphatic rings. The Morgan fingerprint density at radius 2 is 1.85 bits per heavy atom. The molecule has 1 aromatic rings. The minimum Gasteiger partial charge on any atom is -0.449 e. The highest BCUT2D eigenvalue weighted by Gasteiger charge is 2.23. The first-order chi connectivity index (χ1) is 5.88. The van der Waals surface area contributed by atoms with Crippen LogP contribution in [0.15, 0.2) is 22.7 Å². The van der Waals surface area contributed by atoms with Crippen LogP contribution in [0.4, 0.5) is 17.3 Å². The molecular formula is C7H5BBrF4-. The van der Waals surface area contributed by atoms with Gasteiger partial charge in [-0.25, -0.2) is 4.39 Å². The normalized spacial score (nSPS) is 11.8. The van der Waals surface area contributed by atoms with Crippen LogP contribution < -0.4 is 0 Å². The lowest BCUT2D eigenvalue weighted by atomic mass is 9.82. The van der Waals surface area contributed by atoms with Gasteiger partial charge >= 0.3 is 6.98 Å². The fraction of sp³-hybridized carbons (Fsp3) is 0.143. The first-order valence-corrected chi connectivity index (χ1v) is 4.33. The molecule has 0 aliphatic heterocycles. The van der Waals surface area contributed by atoms with Gasteiger partial charge in [-0.05, 0) is 28.1 Å². The van der Waals surface area contributed by atoms with Gasteiger partial charge in [-0.3, -0.25) is 0 Å². The summed E-state index contributed by atoms with van der Waals surface area (Å²) in [6, 6.07) is 3.41. The van der Waals surface area contributed by atoms with E-state index in [9.17, 15) is 17.3 Å². The zero-order valence-corrected chi connectivity index (χ0v) is 7.99. The van der Waals surface area contributed by atoms with Gasteiger partial charge in [0.05, 0.1) is 4.47 Å². The van der Waals surface area contributed by atoms with Gasteiger partial charge < -0.3 is 12.9 Å². The molecule has 0 aliphatic carbocycles. The van der Waals surface area contributed by atoms with E-state index in [0.29, 0.717) is 0 Å². The van der Waals surface area contributed by atoms with Crippen LogP contribution in [0.1, 0.15) is 5.56 Å². The molecule has 0 spiro atoms. The quantitative estimate of drug-likeness (QED) is 0.560. The second-order valence-electron chi connectivity index (χ2n) is 2.66. The molecule has 0 heterocycles. The van der Waals surface area contributed by atoms with Crippen molar-refractivity contribution in [2.75, 3.05) is 0 Å². The second-order valence-corrected chi connectivity index (χ2v) is 3.52. The van der Waals surface area contributed by atoms with Gasteiger partial charge in [-0.2, -0.15) is 0 Å². The fourth-order valence-corrected chi connectivity index (χ4v) is 1.18. The topological polar surface area (TPSA) is 0 Å². The molecule has 1 rings (SSSR count). The number of benzene rings is 1. The van der Waals surface area contributed by atoms with Crippen LogP contribution in [0.5, 0.6) is 0 Å². The average Bonchev–Trinajstić information content (AvgIpc) is 1.94. The lowest BCUT2D eigenvalue weighted by molar-refractivity contribution is 0.468. The van der Waals surface area contributed by atoms with Gasteiger partial charge in [-0.1, -0.05) is 17.9 Å². The maximum absolute atomic E-state index is 12.7. The molecule has 0 saturated carbocycles.